The Morgan fingerprint density at radius 3 is 2.43 bits per heavy atom. The number of nitrogens with zero attached hydrogens (tertiary/aromatic N) is 3. The number of piperidine rings is 1. The molecule has 0 saturated carbocycles. The van der Waals surface area contributed by atoms with Crippen LogP contribution in [0.5, 0.6) is 0 Å². The van der Waals surface area contributed by atoms with Gasteiger partial charge in [0, 0.05) is 18.8 Å². The number of nitrogens with one attached hydrogen (secondary N) is 1. The molecule has 2 heterocycles. The first-order valence-corrected chi connectivity index (χ1v) is 8.33. The van der Waals surface area contributed by atoms with Crippen molar-refractivity contribution in [1.82, 2.24) is 20.0 Å². The Labute approximate surface area is 146 Å². The first-order valence-electron chi connectivity index (χ1n) is 8.33. The number of hydrogen-bond acceptors (Lipinski definition) is 3. The molecule has 5 nitrogen and oxygen atoms in total. The summed E-state index contributed by atoms with van der Waals surface area (Å²) in [6, 6.07) is 0. The molecule has 132 valence electrons. The molecule has 1 N–H and O–H groups in total. The van der Waals surface area contributed by atoms with Crippen molar-refractivity contribution in [2.45, 2.75) is 52.5 Å². The number of carbonyl (C=O) groups is 1. The van der Waals surface area contributed by atoms with E-state index in [4.69, 9.17) is 0 Å². The maximum atomic E-state index is 12.7. The summed E-state index contributed by atoms with van der Waals surface area (Å²) in [5.74, 6) is 0.884. The summed E-state index contributed by atoms with van der Waals surface area (Å²) in [6.07, 6.45) is 5.16. The quantitative estimate of drug-likeness (QED) is 0.915. The van der Waals surface area contributed by atoms with Crippen molar-refractivity contribution in [3.8, 4) is 0 Å². The fourth-order valence-electron chi connectivity index (χ4n) is 3.24. The molecule has 1 saturated heterocycles. The van der Waals surface area contributed by atoms with Crippen LogP contribution in [0, 0.1) is 12.8 Å². The minimum atomic E-state index is -0.0945. The van der Waals surface area contributed by atoms with Crippen LogP contribution < -0.4 is 5.32 Å². The largest absolute Gasteiger partial charge is 0.339 e. The van der Waals surface area contributed by atoms with Crippen LogP contribution in [0.4, 0.5) is 0 Å². The minimum absolute atomic E-state index is 0. The van der Waals surface area contributed by atoms with E-state index in [1.807, 2.05) is 23.6 Å². The number of likely N-dealkylation sites (tertiary alicyclic amines) is 1. The fraction of sp³-hybridized carbons (Fsp3) is 0.765. The number of halogens is 1. The van der Waals surface area contributed by atoms with E-state index in [0.29, 0.717) is 0 Å². The summed E-state index contributed by atoms with van der Waals surface area (Å²) >= 11 is 0. The smallest absolute Gasteiger partial charge is 0.257 e. The SMILES string of the molecule is CNCCC1CCN(C(=O)c2cnn(C(C)(C)C)c2C)CC1.Cl. The number of hydrogen-bond donors (Lipinski definition) is 1. The predicted molar refractivity (Wildman–Crippen MR) is 96.4 cm³/mol. The topological polar surface area (TPSA) is 50.2 Å². The van der Waals surface area contributed by atoms with Gasteiger partial charge in [-0.05, 0) is 66.5 Å². The Morgan fingerprint density at radius 1 is 1.35 bits per heavy atom. The summed E-state index contributed by atoms with van der Waals surface area (Å²) in [5, 5.41) is 7.63. The highest BCUT2D eigenvalue weighted by Crippen LogP contribution is 2.24. The van der Waals surface area contributed by atoms with Crippen LogP contribution in [0.2, 0.25) is 0 Å². The average Bonchev–Trinajstić information content (AvgIpc) is 2.86. The molecule has 0 unspecified atom stereocenters. The van der Waals surface area contributed by atoms with E-state index < -0.39 is 0 Å². The molecule has 0 aliphatic carbocycles. The molecule has 2 rings (SSSR count). The van der Waals surface area contributed by atoms with Crippen LogP contribution in [-0.2, 0) is 5.54 Å². The Bertz CT molecular complexity index is 513. The van der Waals surface area contributed by atoms with Gasteiger partial charge in [0.2, 0.25) is 0 Å². The number of carbonyl (C=O) groups excluding carboxylic acids is 1. The van der Waals surface area contributed by atoms with E-state index in [1.54, 1.807) is 6.20 Å². The van der Waals surface area contributed by atoms with Crippen LogP contribution in [0.25, 0.3) is 0 Å². The summed E-state index contributed by atoms with van der Waals surface area (Å²) < 4.78 is 1.94. The zero-order valence-electron chi connectivity index (χ0n) is 15.1. The van der Waals surface area contributed by atoms with Gasteiger partial charge in [0.1, 0.15) is 0 Å². The van der Waals surface area contributed by atoms with Gasteiger partial charge in [-0.1, -0.05) is 0 Å². The second-order valence-electron chi connectivity index (χ2n) is 7.35. The molecule has 1 amide bonds. The summed E-state index contributed by atoms with van der Waals surface area (Å²) in [6.45, 7) is 11.1. The maximum Gasteiger partial charge on any atom is 0.257 e. The second-order valence-corrected chi connectivity index (χ2v) is 7.35. The maximum absolute atomic E-state index is 12.7. The molecule has 1 fully saturated rings. The van der Waals surface area contributed by atoms with Crippen molar-refractivity contribution < 1.29 is 4.79 Å². The Kier molecular flexibility index (Phi) is 7.08. The van der Waals surface area contributed by atoms with Crippen LogP contribution >= 0.6 is 12.4 Å². The van der Waals surface area contributed by atoms with Gasteiger partial charge < -0.3 is 10.2 Å². The zero-order chi connectivity index (χ0) is 16.3. The molecule has 0 spiro atoms. The van der Waals surface area contributed by atoms with Crippen molar-refractivity contribution in [2.24, 2.45) is 5.92 Å². The second kappa shape index (κ2) is 8.15. The molecule has 0 aromatic carbocycles. The molecule has 0 bridgehead atoms. The van der Waals surface area contributed by atoms with E-state index in [9.17, 15) is 4.79 Å². The van der Waals surface area contributed by atoms with Crippen molar-refractivity contribution in [1.29, 1.82) is 0 Å². The molecule has 0 atom stereocenters. The minimum Gasteiger partial charge on any atom is -0.339 e. The Balaban J connectivity index is 0.00000264. The van der Waals surface area contributed by atoms with E-state index in [-0.39, 0.29) is 23.9 Å². The van der Waals surface area contributed by atoms with Gasteiger partial charge in [-0.25, -0.2) is 0 Å². The lowest BCUT2D eigenvalue weighted by atomic mass is 9.93. The standard InChI is InChI=1S/C17H30N4O.ClH/c1-13-15(12-19-21(13)17(2,3)4)16(22)20-10-7-14(8-11-20)6-9-18-5;/h12,14,18H,6-11H2,1-5H3;1H. The first-order chi connectivity index (χ1) is 10.3. The molecule has 1 aliphatic heterocycles. The predicted octanol–water partition coefficient (Wildman–Crippen LogP) is 2.83. The summed E-state index contributed by atoms with van der Waals surface area (Å²) in [7, 11) is 1.99. The van der Waals surface area contributed by atoms with Crippen LogP contribution in [0.3, 0.4) is 0 Å². The zero-order valence-corrected chi connectivity index (χ0v) is 15.9. The Morgan fingerprint density at radius 2 is 1.96 bits per heavy atom. The average molecular weight is 343 g/mol. The lowest BCUT2D eigenvalue weighted by molar-refractivity contribution is 0.0686. The molecule has 1 aliphatic rings. The van der Waals surface area contributed by atoms with E-state index in [1.165, 1.54) is 6.42 Å². The third-order valence-corrected chi connectivity index (χ3v) is 4.58. The lowest BCUT2D eigenvalue weighted by Crippen LogP contribution is -2.39. The van der Waals surface area contributed by atoms with Gasteiger partial charge in [-0.15, -0.1) is 12.4 Å². The highest BCUT2D eigenvalue weighted by Gasteiger charge is 2.27. The van der Waals surface area contributed by atoms with Gasteiger partial charge in [0.05, 0.1) is 17.3 Å². The highest BCUT2D eigenvalue weighted by molar-refractivity contribution is 5.95. The van der Waals surface area contributed by atoms with E-state index >= 15 is 0 Å². The van der Waals surface area contributed by atoms with Crippen molar-refractivity contribution in [3.63, 3.8) is 0 Å². The lowest BCUT2D eigenvalue weighted by Gasteiger charge is -2.32. The number of aromatic nitrogens is 2. The number of rotatable bonds is 4. The first kappa shape index (κ1) is 20.0. The summed E-state index contributed by atoms with van der Waals surface area (Å²) in [5.41, 5.74) is 1.63. The van der Waals surface area contributed by atoms with Crippen LogP contribution in [0.15, 0.2) is 6.20 Å². The molecule has 23 heavy (non-hydrogen) atoms. The third kappa shape index (κ3) is 4.70. The van der Waals surface area contributed by atoms with Crippen molar-refractivity contribution >= 4 is 18.3 Å². The third-order valence-electron chi connectivity index (χ3n) is 4.58. The van der Waals surface area contributed by atoms with Gasteiger partial charge in [0.15, 0.2) is 0 Å². The van der Waals surface area contributed by atoms with Gasteiger partial charge in [-0.2, -0.15) is 5.10 Å². The van der Waals surface area contributed by atoms with Crippen LogP contribution in [0.1, 0.15) is 56.1 Å². The Hall–Kier alpha value is -1.07. The number of amides is 1. The molecular weight excluding hydrogens is 312 g/mol. The molecule has 0 radical (unpaired) electrons. The highest BCUT2D eigenvalue weighted by atomic mass is 35.5. The monoisotopic (exact) mass is 342 g/mol. The normalized spacial score (nSPS) is 16.3. The molecule has 1 aromatic heterocycles. The van der Waals surface area contributed by atoms with Gasteiger partial charge in [-0.3, -0.25) is 9.48 Å². The molecule has 6 heteroatoms. The van der Waals surface area contributed by atoms with E-state index in [0.717, 1.165) is 49.7 Å². The molecular formula is C17H31ClN4O. The molecule has 1 aromatic rings. The van der Waals surface area contributed by atoms with E-state index in [2.05, 4.69) is 31.2 Å². The van der Waals surface area contributed by atoms with Crippen molar-refractivity contribution in [3.05, 3.63) is 17.5 Å². The van der Waals surface area contributed by atoms with Crippen LogP contribution in [-0.4, -0.2) is 47.3 Å². The fourth-order valence-corrected chi connectivity index (χ4v) is 3.24. The van der Waals surface area contributed by atoms with Gasteiger partial charge >= 0.3 is 0 Å². The van der Waals surface area contributed by atoms with Gasteiger partial charge in [0.25, 0.3) is 5.91 Å². The van der Waals surface area contributed by atoms with Crippen molar-refractivity contribution in [2.75, 3.05) is 26.7 Å². The summed E-state index contributed by atoms with van der Waals surface area (Å²) in [4.78, 5) is 14.7.